The lowest BCUT2D eigenvalue weighted by Crippen LogP contribution is -2.52. The zero-order chi connectivity index (χ0) is 28.2. The van der Waals surface area contributed by atoms with Crippen LogP contribution in [-0.4, -0.2) is 65.5 Å². The third-order valence-corrected chi connectivity index (χ3v) is 8.51. The summed E-state index contributed by atoms with van der Waals surface area (Å²) in [7, 11) is -3.91. The van der Waals surface area contributed by atoms with E-state index in [-0.39, 0.29) is 36.0 Å². The zero-order valence-electron chi connectivity index (χ0n) is 21.6. The van der Waals surface area contributed by atoms with Crippen molar-refractivity contribution in [3.8, 4) is 0 Å². The Bertz CT molecular complexity index is 1480. The van der Waals surface area contributed by atoms with Gasteiger partial charge in [0.1, 0.15) is 11.7 Å². The molecule has 1 unspecified atom stereocenters. The SMILES string of the molecule is CC(C)C[C@H](NC(=O)c1cnc2ccccc2n1)C(=O)NC1CCCN(S(=O)(=O)c2ccc(Cl)cc2)CC1=O. The van der Waals surface area contributed by atoms with E-state index in [9.17, 15) is 22.8 Å². The van der Waals surface area contributed by atoms with E-state index in [1.165, 1.54) is 30.5 Å². The summed E-state index contributed by atoms with van der Waals surface area (Å²) in [6, 6.07) is 11.1. The molecule has 1 aromatic heterocycles. The number of rotatable bonds is 8. The second-order valence-electron chi connectivity index (χ2n) is 9.86. The monoisotopic (exact) mass is 571 g/mol. The van der Waals surface area contributed by atoms with E-state index in [0.717, 1.165) is 4.31 Å². The first-order valence-electron chi connectivity index (χ1n) is 12.7. The van der Waals surface area contributed by atoms with Crippen molar-refractivity contribution < 1.29 is 22.8 Å². The Kier molecular flexibility index (Phi) is 8.94. The normalized spacial score (nSPS) is 17.5. The summed E-state index contributed by atoms with van der Waals surface area (Å²) in [5, 5.41) is 5.87. The molecular weight excluding hydrogens is 542 g/mol. The minimum atomic E-state index is -3.91. The third kappa shape index (κ3) is 6.97. The maximum Gasteiger partial charge on any atom is 0.272 e. The second kappa shape index (κ2) is 12.2. The molecule has 3 aromatic rings. The van der Waals surface area contributed by atoms with E-state index in [0.29, 0.717) is 28.9 Å². The number of carbonyl (C=O) groups is 3. The van der Waals surface area contributed by atoms with Crippen molar-refractivity contribution in [2.75, 3.05) is 13.1 Å². The first kappa shape index (κ1) is 28.6. The summed E-state index contributed by atoms with van der Waals surface area (Å²) < 4.78 is 27.3. The van der Waals surface area contributed by atoms with Gasteiger partial charge in [-0.1, -0.05) is 37.6 Å². The van der Waals surface area contributed by atoms with E-state index in [1.54, 1.807) is 18.2 Å². The average Bonchev–Trinajstić information content (AvgIpc) is 3.09. The number of halogens is 1. The lowest BCUT2D eigenvalue weighted by molar-refractivity contribution is -0.129. The lowest BCUT2D eigenvalue weighted by Gasteiger charge is -2.23. The largest absolute Gasteiger partial charge is 0.344 e. The van der Waals surface area contributed by atoms with Gasteiger partial charge in [-0.25, -0.2) is 13.4 Å². The Morgan fingerprint density at radius 2 is 1.79 bits per heavy atom. The molecule has 206 valence electrons. The van der Waals surface area contributed by atoms with E-state index >= 15 is 0 Å². The maximum atomic E-state index is 13.3. The van der Waals surface area contributed by atoms with Crippen LogP contribution in [0.1, 0.15) is 43.6 Å². The van der Waals surface area contributed by atoms with Crippen LogP contribution in [0, 0.1) is 5.92 Å². The van der Waals surface area contributed by atoms with Crippen LogP contribution in [0.15, 0.2) is 59.6 Å². The van der Waals surface area contributed by atoms with Gasteiger partial charge in [0.15, 0.2) is 5.78 Å². The molecule has 39 heavy (non-hydrogen) atoms. The summed E-state index contributed by atoms with van der Waals surface area (Å²) in [5.74, 6) is -1.43. The molecule has 1 aliphatic rings. The predicted octanol–water partition coefficient (Wildman–Crippen LogP) is 2.97. The molecule has 1 fully saturated rings. The van der Waals surface area contributed by atoms with Crippen LogP contribution in [0.4, 0.5) is 0 Å². The lowest BCUT2D eigenvalue weighted by atomic mass is 10.0. The van der Waals surface area contributed by atoms with Gasteiger partial charge in [-0.15, -0.1) is 0 Å². The van der Waals surface area contributed by atoms with Crippen LogP contribution in [-0.2, 0) is 19.6 Å². The summed E-state index contributed by atoms with van der Waals surface area (Å²) in [5.41, 5.74) is 1.27. The minimum Gasteiger partial charge on any atom is -0.344 e. The number of nitrogens with zero attached hydrogens (tertiary/aromatic N) is 3. The molecule has 0 saturated carbocycles. The van der Waals surface area contributed by atoms with E-state index in [2.05, 4.69) is 20.6 Å². The van der Waals surface area contributed by atoms with Gasteiger partial charge in [0.2, 0.25) is 15.9 Å². The van der Waals surface area contributed by atoms with Gasteiger partial charge < -0.3 is 10.6 Å². The number of amides is 2. The van der Waals surface area contributed by atoms with Crippen LogP contribution >= 0.6 is 11.6 Å². The maximum absolute atomic E-state index is 13.3. The third-order valence-electron chi connectivity index (χ3n) is 6.40. The first-order valence-corrected chi connectivity index (χ1v) is 14.5. The Morgan fingerprint density at radius 1 is 1.10 bits per heavy atom. The van der Waals surface area contributed by atoms with E-state index < -0.39 is 39.7 Å². The molecule has 0 aliphatic carbocycles. The highest BCUT2D eigenvalue weighted by Crippen LogP contribution is 2.21. The Labute approximate surface area is 232 Å². The number of carbonyl (C=O) groups excluding carboxylic acids is 3. The zero-order valence-corrected chi connectivity index (χ0v) is 23.2. The van der Waals surface area contributed by atoms with E-state index in [1.807, 2.05) is 19.9 Å². The molecule has 2 aromatic carbocycles. The Morgan fingerprint density at radius 3 is 2.49 bits per heavy atom. The van der Waals surface area contributed by atoms with Crippen molar-refractivity contribution in [3.05, 3.63) is 65.4 Å². The fourth-order valence-corrected chi connectivity index (χ4v) is 5.95. The second-order valence-corrected chi connectivity index (χ2v) is 12.2. The summed E-state index contributed by atoms with van der Waals surface area (Å²) in [6.07, 6.45) is 2.33. The number of hydrogen-bond donors (Lipinski definition) is 2. The molecule has 2 amide bonds. The molecule has 1 aliphatic heterocycles. The molecule has 12 heteroatoms. The van der Waals surface area contributed by atoms with Crippen LogP contribution in [0.5, 0.6) is 0 Å². The van der Waals surface area contributed by atoms with Gasteiger partial charge in [-0.2, -0.15) is 4.31 Å². The molecule has 0 spiro atoms. The highest BCUT2D eigenvalue weighted by molar-refractivity contribution is 7.89. The van der Waals surface area contributed by atoms with Gasteiger partial charge in [-0.05, 0) is 61.6 Å². The number of fused-ring (bicyclic) bond motifs is 1. The fourth-order valence-electron chi connectivity index (χ4n) is 4.38. The van der Waals surface area contributed by atoms with Gasteiger partial charge in [-0.3, -0.25) is 19.4 Å². The number of benzene rings is 2. The fraction of sp³-hybridized carbons (Fsp3) is 0.370. The summed E-state index contributed by atoms with van der Waals surface area (Å²) in [6.45, 7) is 3.59. The van der Waals surface area contributed by atoms with Crippen molar-refractivity contribution in [1.29, 1.82) is 0 Å². The van der Waals surface area contributed by atoms with Crippen molar-refractivity contribution >= 4 is 50.3 Å². The number of sulfonamides is 1. The number of para-hydroxylation sites is 2. The van der Waals surface area contributed by atoms with Crippen molar-refractivity contribution in [2.45, 2.75) is 50.1 Å². The standard InChI is InChI=1S/C27H30ClN5O5S/c1-17(2)14-23(32-27(36)24-15-29-20-6-3-4-7-21(20)30-24)26(35)31-22-8-5-13-33(16-25(22)34)39(37,38)19-11-9-18(28)10-12-19/h3-4,6-7,9-12,15,17,22-23H,5,8,13-14,16H2,1-2H3,(H,31,35)(H,32,36)/t22?,23-/m0/s1. The van der Waals surface area contributed by atoms with Crippen LogP contribution in [0.2, 0.25) is 5.02 Å². The highest BCUT2D eigenvalue weighted by Gasteiger charge is 2.34. The van der Waals surface area contributed by atoms with Crippen molar-refractivity contribution in [3.63, 3.8) is 0 Å². The summed E-state index contributed by atoms with van der Waals surface area (Å²) in [4.78, 5) is 47.9. The number of hydrogen-bond acceptors (Lipinski definition) is 7. The van der Waals surface area contributed by atoms with Crippen LogP contribution in [0.3, 0.4) is 0 Å². The molecule has 0 radical (unpaired) electrons. The summed E-state index contributed by atoms with van der Waals surface area (Å²) >= 11 is 5.88. The van der Waals surface area contributed by atoms with Gasteiger partial charge in [0, 0.05) is 11.6 Å². The topological polar surface area (TPSA) is 138 Å². The molecule has 10 nitrogen and oxygen atoms in total. The van der Waals surface area contributed by atoms with Crippen LogP contribution in [0.25, 0.3) is 11.0 Å². The molecular formula is C27H30ClN5O5S. The van der Waals surface area contributed by atoms with Crippen molar-refractivity contribution in [1.82, 2.24) is 24.9 Å². The Balaban J connectivity index is 1.44. The Hall–Kier alpha value is -3.41. The average molecular weight is 572 g/mol. The molecule has 4 rings (SSSR count). The molecule has 2 heterocycles. The number of nitrogens with one attached hydrogen (secondary N) is 2. The number of Topliss-reactive ketones (excluding diaryl/α,β-unsaturated/α-hetero) is 1. The molecule has 2 N–H and O–H groups in total. The first-order chi connectivity index (χ1) is 18.5. The minimum absolute atomic E-state index is 0.0404. The van der Waals surface area contributed by atoms with Crippen molar-refractivity contribution in [2.24, 2.45) is 5.92 Å². The van der Waals surface area contributed by atoms with Gasteiger partial charge in [0.05, 0.1) is 34.7 Å². The smallest absolute Gasteiger partial charge is 0.272 e. The predicted molar refractivity (Wildman–Crippen MR) is 147 cm³/mol. The quantitative estimate of drug-likeness (QED) is 0.424. The number of aromatic nitrogens is 2. The number of ketones is 1. The van der Waals surface area contributed by atoms with E-state index in [4.69, 9.17) is 11.6 Å². The molecule has 2 atom stereocenters. The van der Waals surface area contributed by atoms with Gasteiger partial charge >= 0.3 is 0 Å². The molecule has 1 saturated heterocycles. The van der Waals surface area contributed by atoms with Crippen LogP contribution < -0.4 is 10.6 Å². The molecule has 0 bridgehead atoms. The van der Waals surface area contributed by atoms with Gasteiger partial charge in [0.25, 0.3) is 5.91 Å². The highest BCUT2D eigenvalue weighted by atomic mass is 35.5.